The Morgan fingerprint density at radius 2 is 2.12 bits per heavy atom. The number of amides is 3. The van der Waals surface area contributed by atoms with Crippen LogP contribution < -0.4 is 10.6 Å². The van der Waals surface area contributed by atoms with Gasteiger partial charge >= 0.3 is 6.09 Å². The molecule has 9 heteroatoms. The number of nitrogens with one attached hydrogen (secondary N) is 2. The van der Waals surface area contributed by atoms with Crippen LogP contribution in [0.3, 0.4) is 0 Å². The molecule has 3 rings (SSSR count). The van der Waals surface area contributed by atoms with Crippen LogP contribution in [-0.4, -0.2) is 50.8 Å². The van der Waals surface area contributed by atoms with Crippen LogP contribution in [0.25, 0.3) is 0 Å². The Balaban J connectivity index is 1.64. The summed E-state index contributed by atoms with van der Waals surface area (Å²) in [6.07, 6.45) is 0.403. The molecular weight excluding hydrogens is 326 g/mol. The van der Waals surface area contributed by atoms with Crippen LogP contribution in [0.4, 0.5) is 10.6 Å². The minimum absolute atomic E-state index is 0.250. The molecule has 0 aliphatic carbocycles. The van der Waals surface area contributed by atoms with Gasteiger partial charge in [0.1, 0.15) is 17.5 Å². The SMILES string of the molecule is CC(C)(C)OC(=O)N1CCn2nc(NC3CCC(=O)NC3=O)cc2C1. The van der Waals surface area contributed by atoms with Gasteiger partial charge in [0.15, 0.2) is 0 Å². The van der Waals surface area contributed by atoms with E-state index in [0.29, 0.717) is 38.3 Å². The van der Waals surface area contributed by atoms with Gasteiger partial charge in [-0.3, -0.25) is 19.6 Å². The molecule has 3 heterocycles. The highest BCUT2D eigenvalue weighted by molar-refractivity contribution is 6.01. The summed E-state index contributed by atoms with van der Waals surface area (Å²) < 4.78 is 7.22. The summed E-state index contributed by atoms with van der Waals surface area (Å²) in [5.74, 6) is -0.0201. The summed E-state index contributed by atoms with van der Waals surface area (Å²) in [5.41, 5.74) is 0.333. The van der Waals surface area contributed by atoms with Crippen molar-refractivity contribution in [3.63, 3.8) is 0 Å². The Bertz CT molecular complexity index is 706. The van der Waals surface area contributed by atoms with Gasteiger partial charge in [-0.1, -0.05) is 0 Å². The molecule has 2 N–H and O–H groups in total. The van der Waals surface area contributed by atoms with Crippen LogP contribution in [0, 0.1) is 0 Å². The van der Waals surface area contributed by atoms with Crippen molar-refractivity contribution >= 4 is 23.7 Å². The maximum Gasteiger partial charge on any atom is 0.410 e. The van der Waals surface area contributed by atoms with E-state index >= 15 is 0 Å². The number of nitrogens with zero attached hydrogens (tertiary/aromatic N) is 3. The minimum atomic E-state index is -0.534. The van der Waals surface area contributed by atoms with Crippen LogP contribution in [0.15, 0.2) is 6.07 Å². The largest absolute Gasteiger partial charge is 0.444 e. The fraction of sp³-hybridized carbons (Fsp3) is 0.625. The highest BCUT2D eigenvalue weighted by Crippen LogP contribution is 2.20. The zero-order chi connectivity index (χ0) is 18.2. The Hall–Kier alpha value is -2.58. The number of piperidine rings is 1. The summed E-state index contributed by atoms with van der Waals surface area (Å²) in [7, 11) is 0. The van der Waals surface area contributed by atoms with Crippen LogP contribution in [0.5, 0.6) is 0 Å². The number of imide groups is 1. The van der Waals surface area contributed by atoms with Crippen molar-refractivity contribution in [3.05, 3.63) is 11.8 Å². The smallest absolute Gasteiger partial charge is 0.410 e. The molecule has 0 bridgehead atoms. The fourth-order valence-corrected chi connectivity index (χ4v) is 2.83. The van der Waals surface area contributed by atoms with Gasteiger partial charge in [-0.2, -0.15) is 5.10 Å². The van der Waals surface area contributed by atoms with Crippen LogP contribution >= 0.6 is 0 Å². The van der Waals surface area contributed by atoms with E-state index in [2.05, 4.69) is 15.7 Å². The number of carbonyl (C=O) groups is 3. The first-order valence-corrected chi connectivity index (χ1v) is 8.36. The monoisotopic (exact) mass is 349 g/mol. The van der Waals surface area contributed by atoms with Crippen LogP contribution in [0.1, 0.15) is 39.3 Å². The van der Waals surface area contributed by atoms with E-state index in [4.69, 9.17) is 4.74 Å². The second kappa shape index (κ2) is 6.38. The van der Waals surface area contributed by atoms with Crippen LogP contribution in [-0.2, 0) is 27.4 Å². The highest BCUT2D eigenvalue weighted by Gasteiger charge is 2.29. The van der Waals surface area contributed by atoms with E-state index < -0.39 is 11.6 Å². The number of hydrogen-bond donors (Lipinski definition) is 2. The van der Waals surface area contributed by atoms with Crippen molar-refractivity contribution in [2.75, 3.05) is 11.9 Å². The topological polar surface area (TPSA) is 106 Å². The van der Waals surface area contributed by atoms with Gasteiger partial charge in [-0.15, -0.1) is 0 Å². The van der Waals surface area contributed by atoms with Crippen molar-refractivity contribution in [1.29, 1.82) is 0 Å². The number of aromatic nitrogens is 2. The van der Waals surface area contributed by atoms with Gasteiger partial charge in [0.25, 0.3) is 0 Å². The molecule has 0 aromatic carbocycles. The summed E-state index contributed by atoms with van der Waals surface area (Å²) in [4.78, 5) is 36.9. The van der Waals surface area contributed by atoms with E-state index in [0.717, 1.165) is 5.69 Å². The molecule has 9 nitrogen and oxygen atoms in total. The van der Waals surface area contributed by atoms with Gasteiger partial charge in [-0.25, -0.2) is 4.79 Å². The molecule has 0 saturated carbocycles. The average molecular weight is 349 g/mol. The van der Waals surface area contributed by atoms with Gasteiger partial charge in [0.05, 0.1) is 18.8 Å². The summed E-state index contributed by atoms with van der Waals surface area (Å²) >= 11 is 0. The summed E-state index contributed by atoms with van der Waals surface area (Å²) in [5, 5.41) is 9.80. The number of hydrogen-bond acceptors (Lipinski definition) is 6. The lowest BCUT2D eigenvalue weighted by Crippen LogP contribution is -2.47. The third-order valence-electron chi connectivity index (χ3n) is 4.01. The predicted octanol–water partition coefficient (Wildman–Crippen LogP) is 0.851. The molecule has 1 fully saturated rings. The lowest BCUT2D eigenvalue weighted by Gasteiger charge is -2.30. The fourth-order valence-electron chi connectivity index (χ4n) is 2.83. The minimum Gasteiger partial charge on any atom is -0.444 e. The lowest BCUT2D eigenvalue weighted by molar-refractivity contribution is -0.133. The first-order valence-electron chi connectivity index (χ1n) is 8.36. The van der Waals surface area contributed by atoms with Crippen molar-refractivity contribution in [3.8, 4) is 0 Å². The molecule has 1 unspecified atom stereocenters. The normalized spacial score (nSPS) is 20.8. The zero-order valence-corrected chi connectivity index (χ0v) is 14.7. The second-order valence-electron chi connectivity index (χ2n) is 7.29. The maximum absolute atomic E-state index is 12.2. The van der Waals surface area contributed by atoms with E-state index in [1.165, 1.54) is 0 Å². The van der Waals surface area contributed by atoms with E-state index in [-0.39, 0.29) is 17.9 Å². The van der Waals surface area contributed by atoms with Gasteiger partial charge in [0, 0.05) is 19.0 Å². The van der Waals surface area contributed by atoms with E-state index in [9.17, 15) is 14.4 Å². The van der Waals surface area contributed by atoms with Crippen molar-refractivity contribution in [2.45, 2.75) is 58.3 Å². The van der Waals surface area contributed by atoms with Gasteiger partial charge in [0.2, 0.25) is 11.8 Å². The molecule has 1 aromatic heterocycles. The highest BCUT2D eigenvalue weighted by atomic mass is 16.6. The molecule has 1 aromatic rings. The van der Waals surface area contributed by atoms with Crippen molar-refractivity contribution in [1.82, 2.24) is 20.0 Å². The molecule has 1 atom stereocenters. The molecule has 2 aliphatic rings. The predicted molar refractivity (Wildman–Crippen MR) is 88.7 cm³/mol. The molecule has 1 saturated heterocycles. The number of rotatable bonds is 2. The number of carbonyl (C=O) groups excluding carboxylic acids is 3. The molecule has 136 valence electrons. The summed E-state index contributed by atoms with van der Waals surface area (Å²) in [6.45, 7) is 6.98. The molecular formula is C16H23N5O4. The quantitative estimate of drug-likeness (QED) is 0.767. The molecule has 2 aliphatic heterocycles. The maximum atomic E-state index is 12.2. The molecule has 3 amide bonds. The van der Waals surface area contributed by atoms with E-state index in [1.807, 2.05) is 31.5 Å². The van der Waals surface area contributed by atoms with Crippen molar-refractivity contribution < 1.29 is 19.1 Å². The Morgan fingerprint density at radius 1 is 1.36 bits per heavy atom. The van der Waals surface area contributed by atoms with Crippen LogP contribution in [0.2, 0.25) is 0 Å². The lowest BCUT2D eigenvalue weighted by atomic mass is 10.1. The first-order chi connectivity index (χ1) is 11.7. The first kappa shape index (κ1) is 17.2. The standard InChI is InChI=1S/C16H23N5O4/c1-16(2,3)25-15(24)20-6-7-21-10(9-20)8-12(19-21)17-11-4-5-13(22)18-14(11)23/h8,11H,4-7,9H2,1-3H3,(H,17,19)(H,18,22,23). The number of anilines is 1. The summed E-state index contributed by atoms with van der Waals surface area (Å²) in [6, 6.07) is 1.34. The Kier molecular flexibility index (Phi) is 4.40. The average Bonchev–Trinajstić information content (AvgIpc) is 2.89. The van der Waals surface area contributed by atoms with E-state index in [1.54, 1.807) is 4.90 Å². The Labute approximate surface area is 145 Å². The second-order valence-corrected chi connectivity index (χ2v) is 7.29. The molecule has 0 spiro atoms. The third-order valence-corrected chi connectivity index (χ3v) is 4.01. The van der Waals surface area contributed by atoms with Crippen molar-refractivity contribution in [2.24, 2.45) is 0 Å². The number of fused-ring (bicyclic) bond motifs is 1. The zero-order valence-electron chi connectivity index (χ0n) is 14.7. The Morgan fingerprint density at radius 3 is 2.80 bits per heavy atom. The third kappa shape index (κ3) is 4.09. The molecule has 0 radical (unpaired) electrons. The van der Waals surface area contributed by atoms with Gasteiger partial charge in [-0.05, 0) is 27.2 Å². The van der Waals surface area contributed by atoms with Gasteiger partial charge < -0.3 is 15.0 Å². The number of ether oxygens (including phenoxy) is 1. The molecule has 25 heavy (non-hydrogen) atoms.